The molecule has 1 rings (SSSR count). The van der Waals surface area contributed by atoms with Crippen molar-refractivity contribution in [2.45, 2.75) is 54.0 Å². The van der Waals surface area contributed by atoms with Gasteiger partial charge in [-0.15, -0.1) is 0 Å². The number of hydrazine groups is 1. The number of amides is 1. The maximum Gasteiger partial charge on any atom is 0.242 e. The van der Waals surface area contributed by atoms with Gasteiger partial charge < -0.3 is 5.32 Å². The van der Waals surface area contributed by atoms with Crippen LogP contribution in [0.5, 0.6) is 0 Å². The van der Waals surface area contributed by atoms with Crippen LogP contribution in [0.25, 0.3) is 0 Å². The molecule has 1 saturated carbocycles. The smallest absolute Gasteiger partial charge is 0.242 e. The Bertz CT molecular complexity index is 355. The maximum atomic E-state index is 12.0. The minimum absolute atomic E-state index is 0.00283. The van der Waals surface area contributed by atoms with Crippen LogP contribution in [0.2, 0.25) is 0 Å². The molecule has 4 nitrogen and oxygen atoms in total. The van der Waals surface area contributed by atoms with Gasteiger partial charge in [0.15, 0.2) is 5.11 Å². The number of hydrogen-bond donors (Lipinski definition) is 3. The Labute approximate surface area is 115 Å². The third kappa shape index (κ3) is 2.94. The molecule has 0 radical (unpaired) electrons. The first kappa shape index (κ1) is 15.2. The van der Waals surface area contributed by atoms with Gasteiger partial charge in [-0.05, 0) is 43.8 Å². The zero-order chi connectivity index (χ0) is 14.4. The summed E-state index contributed by atoms with van der Waals surface area (Å²) in [6.45, 7) is 14.5. The van der Waals surface area contributed by atoms with Crippen molar-refractivity contribution in [2.24, 2.45) is 16.7 Å². The number of carbonyl (C=O) groups excluding carboxylic acids is 1. The SMILES string of the molecule is CC(C)(C)NC(=S)NNC(=O)C1C(C)(C)C1(C)C. The monoisotopic (exact) mass is 271 g/mol. The molecule has 0 aliphatic heterocycles. The molecule has 0 aromatic rings. The van der Waals surface area contributed by atoms with Crippen molar-refractivity contribution < 1.29 is 4.79 Å². The van der Waals surface area contributed by atoms with E-state index in [1.165, 1.54) is 0 Å². The highest BCUT2D eigenvalue weighted by Crippen LogP contribution is 2.68. The molecule has 0 heterocycles. The van der Waals surface area contributed by atoms with Crippen LogP contribution in [-0.2, 0) is 4.79 Å². The number of carbonyl (C=O) groups is 1. The minimum atomic E-state index is -0.118. The van der Waals surface area contributed by atoms with E-state index in [-0.39, 0.29) is 28.2 Å². The lowest BCUT2D eigenvalue weighted by molar-refractivity contribution is -0.124. The summed E-state index contributed by atoms with van der Waals surface area (Å²) in [4.78, 5) is 12.0. The predicted molar refractivity (Wildman–Crippen MR) is 77.8 cm³/mol. The van der Waals surface area contributed by atoms with Crippen LogP contribution in [-0.4, -0.2) is 16.6 Å². The van der Waals surface area contributed by atoms with Gasteiger partial charge in [-0.2, -0.15) is 0 Å². The second-order valence-corrected chi connectivity index (χ2v) is 7.60. The number of hydrogen-bond acceptors (Lipinski definition) is 2. The average Bonchev–Trinajstić information content (AvgIpc) is 2.51. The van der Waals surface area contributed by atoms with Gasteiger partial charge in [0.05, 0.1) is 5.92 Å². The molecule has 0 atom stereocenters. The van der Waals surface area contributed by atoms with E-state index in [4.69, 9.17) is 12.2 Å². The summed E-state index contributed by atoms with van der Waals surface area (Å²) in [7, 11) is 0. The molecular formula is C13H25N3OS. The Morgan fingerprint density at radius 2 is 1.50 bits per heavy atom. The van der Waals surface area contributed by atoms with Crippen LogP contribution >= 0.6 is 12.2 Å². The summed E-state index contributed by atoms with van der Waals surface area (Å²) < 4.78 is 0. The van der Waals surface area contributed by atoms with E-state index in [9.17, 15) is 4.79 Å². The quantitative estimate of drug-likeness (QED) is 0.504. The molecular weight excluding hydrogens is 246 g/mol. The summed E-state index contributed by atoms with van der Waals surface area (Å²) in [6, 6.07) is 0. The zero-order valence-electron chi connectivity index (χ0n) is 12.4. The average molecular weight is 271 g/mol. The standard InChI is InChI=1S/C13H25N3OS/c1-11(2,3)14-10(18)16-15-9(17)8-12(4,5)13(8,6)7/h8H,1-7H3,(H,15,17)(H2,14,16,18). The maximum absolute atomic E-state index is 12.0. The Hall–Kier alpha value is -0.840. The second-order valence-electron chi connectivity index (χ2n) is 7.19. The topological polar surface area (TPSA) is 53.2 Å². The normalized spacial score (nSPS) is 21.1. The van der Waals surface area contributed by atoms with Gasteiger partial charge in [0.1, 0.15) is 0 Å². The van der Waals surface area contributed by atoms with Gasteiger partial charge in [-0.1, -0.05) is 27.7 Å². The summed E-state index contributed by atoms with van der Waals surface area (Å²) in [6.07, 6.45) is 0. The molecule has 0 aromatic heterocycles. The second kappa shape index (κ2) is 4.37. The molecule has 5 heteroatoms. The van der Waals surface area contributed by atoms with E-state index in [2.05, 4.69) is 43.9 Å². The first-order chi connectivity index (χ1) is 7.89. The van der Waals surface area contributed by atoms with E-state index < -0.39 is 0 Å². The van der Waals surface area contributed by atoms with E-state index >= 15 is 0 Å². The van der Waals surface area contributed by atoms with Crippen molar-refractivity contribution in [1.82, 2.24) is 16.2 Å². The number of nitrogens with one attached hydrogen (secondary N) is 3. The van der Waals surface area contributed by atoms with Crippen molar-refractivity contribution >= 4 is 23.2 Å². The Morgan fingerprint density at radius 3 is 1.83 bits per heavy atom. The lowest BCUT2D eigenvalue weighted by atomic mass is 10.0. The highest BCUT2D eigenvalue weighted by Gasteiger charge is 2.68. The van der Waals surface area contributed by atoms with Crippen LogP contribution in [0, 0.1) is 16.7 Å². The first-order valence-electron chi connectivity index (χ1n) is 6.27. The number of thiocarbonyl (C=S) groups is 1. The third-order valence-corrected chi connectivity index (χ3v) is 4.27. The van der Waals surface area contributed by atoms with Crippen molar-refractivity contribution in [3.05, 3.63) is 0 Å². The molecule has 1 amide bonds. The largest absolute Gasteiger partial charge is 0.357 e. The molecule has 104 valence electrons. The van der Waals surface area contributed by atoms with Gasteiger partial charge in [0, 0.05) is 5.54 Å². The van der Waals surface area contributed by atoms with Crippen LogP contribution in [0.1, 0.15) is 48.5 Å². The molecule has 0 aromatic carbocycles. The molecule has 0 spiro atoms. The molecule has 1 aliphatic rings. The predicted octanol–water partition coefficient (Wildman–Crippen LogP) is 1.96. The van der Waals surface area contributed by atoms with Crippen LogP contribution in [0.15, 0.2) is 0 Å². The van der Waals surface area contributed by atoms with Crippen LogP contribution in [0.3, 0.4) is 0 Å². The van der Waals surface area contributed by atoms with Gasteiger partial charge >= 0.3 is 0 Å². The first-order valence-corrected chi connectivity index (χ1v) is 6.68. The molecule has 0 saturated heterocycles. The number of rotatable bonds is 1. The zero-order valence-corrected chi connectivity index (χ0v) is 13.2. The van der Waals surface area contributed by atoms with Crippen molar-refractivity contribution in [3.63, 3.8) is 0 Å². The molecule has 1 fully saturated rings. The molecule has 1 aliphatic carbocycles. The summed E-state index contributed by atoms with van der Waals surface area (Å²) in [5.74, 6) is 0.0259. The molecule has 0 bridgehead atoms. The van der Waals surface area contributed by atoms with Crippen molar-refractivity contribution in [2.75, 3.05) is 0 Å². The minimum Gasteiger partial charge on any atom is -0.357 e. The van der Waals surface area contributed by atoms with Crippen molar-refractivity contribution in [3.8, 4) is 0 Å². The fourth-order valence-corrected chi connectivity index (χ4v) is 2.77. The summed E-state index contributed by atoms with van der Waals surface area (Å²) in [5, 5.41) is 3.52. The molecule has 3 N–H and O–H groups in total. The Morgan fingerprint density at radius 1 is 1.06 bits per heavy atom. The van der Waals surface area contributed by atoms with Gasteiger partial charge in [-0.3, -0.25) is 15.6 Å². The molecule has 0 unspecified atom stereocenters. The highest BCUT2D eigenvalue weighted by atomic mass is 32.1. The van der Waals surface area contributed by atoms with E-state index in [1.807, 2.05) is 20.8 Å². The lowest BCUT2D eigenvalue weighted by Gasteiger charge is -2.23. The van der Waals surface area contributed by atoms with Gasteiger partial charge in [0.2, 0.25) is 5.91 Å². The Balaban J connectivity index is 2.43. The summed E-state index contributed by atoms with van der Waals surface area (Å²) >= 11 is 5.10. The third-order valence-electron chi connectivity index (χ3n) is 4.07. The van der Waals surface area contributed by atoms with Crippen LogP contribution < -0.4 is 16.2 Å². The lowest BCUT2D eigenvalue weighted by Crippen LogP contribution is -2.52. The van der Waals surface area contributed by atoms with Crippen molar-refractivity contribution in [1.29, 1.82) is 0 Å². The van der Waals surface area contributed by atoms with Gasteiger partial charge in [0.25, 0.3) is 0 Å². The van der Waals surface area contributed by atoms with E-state index in [1.54, 1.807) is 0 Å². The van der Waals surface area contributed by atoms with E-state index in [0.717, 1.165) is 0 Å². The van der Waals surface area contributed by atoms with Gasteiger partial charge in [-0.25, -0.2) is 0 Å². The summed E-state index contributed by atoms with van der Waals surface area (Å²) in [5.41, 5.74) is 5.40. The highest BCUT2D eigenvalue weighted by molar-refractivity contribution is 7.80. The Kier molecular flexibility index (Phi) is 3.69. The molecule has 18 heavy (non-hydrogen) atoms. The fourth-order valence-electron chi connectivity index (χ4n) is 2.41. The van der Waals surface area contributed by atoms with Crippen LogP contribution in [0.4, 0.5) is 0 Å². The van der Waals surface area contributed by atoms with E-state index in [0.29, 0.717) is 5.11 Å². The fraction of sp³-hybridized carbons (Fsp3) is 0.846.